The molecular weight excluding hydrogens is 344 g/mol. The Labute approximate surface area is 154 Å². The van der Waals surface area contributed by atoms with Gasteiger partial charge in [-0.25, -0.2) is 10.2 Å². The summed E-state index contributed by atoms with van der Waals surface area (Å²) < 4.78 is 0. The average molecular weight is 360 g/mol. The van der Waals surface area contributed by atoms with E-state index >= 15 is 0 Å². The number of hydrogen-bond acceptors (Lipinski definition) is 4. The molecule has 2 aromatic carbocycles. The van der Waals surface area contributed by atoms with Crippen LogP contribution in [0.4, 0.5) is 0 Å². The van der Waals surface area contributed by atoms with Gasteiger partial charge >= 0.3 is 5.97 Å². The van der Waals surface area contributed by atoms with Crippen molar-refractivity contribution < 1.29 is 14.7 Å². The van der Waals surface area contributed by atoms with Crippen LogP contribution in [-0.4, -0.2) is 33.4 Å². The molecule has 1 heterocycles. The molecule has 0 bridgehead atoms. The minimum Gasteiger partial charge on any atom is -0.478 e. The molecule has 0 saturated carbocycles. The number of hydrogen-bond donors (Lipinski definition) is 3. The van der Waals surface area contributed by atoms with Crippen molar-refractivity contribution in [3.8, 4) is 11.3 Å². The van der Waals surface area contributed by atoms with E-state index in [-0.39, 0.29) is 5.56 Å². The molecule has 7 nitrogen and oxygen atoms in total. The molecule has 0 aliphatic heterocycles. The van der Waals surface area contributed by atoms with Gasteiger partial charge in [0.25, 0.3) is 5.91 Å². The van der Waals surface area contributed by atoms with Crippen LogP contribution in [0.25, 0.3) is 11.3 Å². The summed E-state index contributed by atoms with van der Waals surface area (Å²) in [7, 11) is 0. The van der Waals surface area contributed by atoms with Crippen molar-refractivity contribution in [2.75, 3.05) is 0 Å². The summed E-state index contributed by atoms with van der Waals surface area (Å²) in [5, 5.41) is 20.2. The Hall–Kier alpha value is -3.74. The summed E-state index contributed by atoms with van der Waals surface area (Å²) in [4.78, 5) is 23.7. The number of nitrogens with one attached hydrogen (secondary N) is 2. The number of nitrogens with zero attached hydrogens (tertiary/aromatic N) is 2. The van der Waals surface area contributed by atoms with E-state index in [4.69, 9.17) is 0 Å². The molecule has 0 unspecified atom stereocenters. The summed E-state index contributed by atoms with van der Waals surface area (Å²) in [6, 6.07) is 14.4. The molecule has 1 aliphatic carbocycles. The minimum atomic E-state index is -1.05. The van der Waals surface area contributed by atoms with E-state index < -0.39 is 11.9 Å². The molecule has 4 rings (SSSR count). The Kier molecular flexibility index (Phi) is 4.25. The van der Waals surface area contributed by atoms with E-state index in [1.165, 1.54) is 17.8 Å². The van der Waals surface area contributed by atoms with Gasteiger partial charge in [-0.15, -0.1) is 0 Å². The zero-order valence-corrected chi connectivity index (χ0v) is 14.3. The number of aromatic nitrogens is 2. The van der Waals surface area contributed by atoms with Crippen molar-refractivity contribution in [3.05, 3.63) is 76.5 Å². The fraction of sp³-hybridized carbons (Fsp3) is 0.100. The molecular formula is C20H16N4O3. The highest BCUT2D eigenvalue weighted by Crippen LogP contribution is 2.33. The topological polar surface area (TPSA) is 107 Å². The molecule has 0 atom stereocenters. The lowest BCUT2D eigenvalue weighted by molar-refractivity contribution is 0.0696. The van der Waals surface area contributed by atoms with Crippen LogP contribution in [0.15, 0.2) is 53.6 Å². The molecule has 0 fully saturated rings. The highest BCUT2D eigenvalue weighted by Gasteiger charge is 2.24. The molecule has 27 heavy (non-hydrogen) atoms. The van der Waals surface area contributed by atoms with Gasteiger partial charge in [0.1, 0.15) is 5.69 Å². The SMILES string of the molecule is O=C(O)c1ccccc1/C=N/NC(=O)c1[nH]nc2c1CCc1ccccc1-2. The van der Waals surface area contributed by atoms with Crippen molar-refractivity contribution in [1.82, 2.24) is 15.6 Å². The number of amides is 1. The molecule has 1 amide bonds. The lowest BCUT2D eigenvalue weighted by atomic mass is 9.89. The van der Waals surface area contributed by atoms with Gasteiger partial charge in [-0.2, -0.15) is 10.2 Å². The highest BCUT2D eigenvalue weighted by molar-refractivity contribution is 5.99. The van der Waals surface area contributed by atoms with Crippen LogP contribution >= 0.6 is 0 Å². The molecule has 134 valence electrons. The summed E-state index contributed by atoms with van der Waals surface area (Å²) in [5.41, 5.74) is 7.25. The van der Waals surface area contributed by atoms with Gasteiger partial charge in [-0.05, 0) is 24.5 Å². The van der Waals surface area contributed by atoms with E-state index in [1.807, 2.05) is 18.2 Å². The molecule has 0 spiro atoms. The molecule has 1 aromatic heterocycles. The number of H-pyrrole nitrogens is 1. The highest BCUT2D eigenvalue weighted by atomic mass is 16.4. The summed E-state index contributed by atoms with van der Waals surface area (Å²) in [6.07, 6.45) is 2.88. The molecule has 3 aromatic rings. The van der Waals surface area contributed by atoms with E-state index in [9.17, 15) is 14.7 Å². The first-order valence-corrected chi connectivity index (χ1v) is 8.46. The van der Waals surface area contributed by atoms with Crippen LogP contribution < -0.4 is 5.43 Å². The Bertz CT molecular complexity index is 1070. The summed E-state index contributed by atoms with van der Waals surface area (Å²) in [5.74, 6) is -1.46. The van der Waals surface area contributed by atoms with Gasteiger partial charge < -0.3 is 5.11 Å². The van der Waals surface area contributed by atoms with E-state index in [2.05, 4.69) is 26.8 Å². The fourth-order valence-corrected chi connectivity index (χ4v) is 3.27. The maximum Gasteiger partial charge on any atom is 0.336 e. The van der Waals surface area contributed by atoms with Crippen molar-refractivity contribution in [3.63, 3.8) is 0 Å². The largest absolute Gasteiger partial charge is 0.478 e. The number of fused-ring (bicyclic) bond motifs is 3. The third-order valence-electron chi connectivity index (χ3n) is 4.57. The summed E-state index contributed by atoms with van der Waals surface area (Å²) in [6.45, 7) is 0. The first-order chi connectivity index (χ1) is 13.1. The van der Waals surface area contributed by atoms with E-state index in [0.29, 0.717) is 11.3 Å². The normalized spacial score (nSPS) is 12.4. The number of benzene rings is 2. The Morgan fingerprint density at radius 2 is 1.89 bits per heavy atom. The molecule has 1 aliphatic rings. The van der Waals surface area contributed by atoms with Gasteiger partial charge in [-0.1, -0.05) is 42.5 Å². The second kappa shape index (κ2) is 6.87. The smallest absolute Gasteiger partial charge is 0.336 e. The van der Waals surface area contributed by atoms with Gasteiger partial charge in [0.2, 0.25) is 0 Å². The monoisotopic (exact) mass is 360 g/mol. The zero-order valence-electron chi connectivity index (χ0n) is 14.3. The van der Waals surface area contributed by atoms with E-state index in [0.717, 1.165) is 29.7 Å². The fourth-order valence-electron chi connectivity index (χ4n) is 3.27. The molecule has 3 N–H and O–H groups in total. The number of carboxylic acid groups (broad SMARTS) is 1. The third kappa shape index (κ3) is 3.10. The van der Waals surface area contributed by atoms with Crippen LogP contribution in [0.5, 0.6) is 0 Å². The number of aromatic carboxylic acids is 1. The van der Waals surface area contributed by atoms with E-state index in [1.54, 1.807) is 18.2 Å². The maximum atomic E-state index is 12.5. The predicted octanol–water partition coefficient (Wildman–Crippen LogP) is 2.64. The van der Waals surface area contributed by atoms with Crippen LogP contribution in [0, 0.1) is 0 Å². The van der Waals surface area contributed by atoms with Crippen LogP contribution in [0.1, 0.15) is 37.5 Å². The number of aryl methyl sites for hydroxylation is 1. The van der Waals surface area contributed by atoms with Crippen LogP contribution in [0.2, 0.25) is 0 Å². The van der Waals surface area contributed by atoms with Crippen molar-refractivity contribution in [1.29, 1.82) is 0 Å². The van der Waals surface area contributed by atoms with Gasteiger partial charge in [0.05, 0.1) is 17.5 Å². The first-order valence-electron chi connectivity index (χ1n) is 8.46. The second-order valence-electron chi connectivity index (χ2n) is 6.17. The molecule has 0 radical (unpaired) electrons. The van der Waals surface area contributed by atoms with Crippen LogP contribution in [-0.2, 0) is 12.8 Å². The number of carbonyl (C=O) groups excluding carboxylic acids is 1. The number of aromatic amines is 1. The maximum absolute atomic E-state index is 12.5. The summed E-state index contributed by atoms with van der Waals surface area (Å²) >= 11 is 0. The Morgan fingerprint density at radius 3 is 2.74 bits per heavy atom. The van der Waals surface area contributed by atoms with Gasteiger partial charge in [0.15, 0.2) is 0 Å². The lowest BCUT2D eigenvalue weighted by Crippen LogP contribution is -2.20. The van der Waals surface area contributed by atoms with Crippen LogP contribution in [0.3, 0.4) is 0 Å². The second-order valence-corrected chi connectivity index (χ2v) is 6.17. The standard InChI is InChI=1S/C20H16N4O3/c25-19(24-21-11-13-6-2-4-8-15(13)20(26)27)18-16-10-9-12-5-1-3-7-14(12)17(16)22-23-18/h1-8,11H,9-10H2,(H,22,23)(H,24,25)(H,26,27)/b21-11+. The first kappa shape index (κ1) is 16.7. The molecule has 0 saturated heterocycles. The van der Waals surface area contributed by atoms with Crippen molar-refractivity contribution in [2.24, 2.45) is 5.10 Å². The third-order valence-corrected chi connectivity index (χ3v) is 4.57. The number of carboxylic acids is 1. The quantitative estimate of drug-likeness (QED) is 0.491. The van der Waals surface area contributed by atoms with Gasteiger partial charge in [0, 0.05) is 16.7 Å². The Morgan fingerprint density at radius 1 is 1.11 bits per heavy atom. The Balaban J connectivity index is 1.55. The average Bonchev–Trinajstić information content (AvgIpc) is 3.13. The zero-order chi connectivity index (χ0) is 18.8. The van der Waals surface area contributed by atoms with Crippen molar-refractivity contribution in [2.45, 2.75) is 12.8 Å². The minimum absolute atomic E-state index is 0.117. The lowest BCUT2D eigenvalue weighted by Gasteiger charge is -2.15. The van der Waals surface area contributed by atoms with Gasteiger partial charge in [-0.3, -0.25) is 9.89 Å². The van der Waals surface area contributed by atoms with Crippen molar-refractivity contribution >= 4 is 18.1 Å². The number of rotatable bonds is 4. The molecule has 7 heteroatoms. The predicted molar refractivity (Wildman–Crippen MR) is 99.9 cm³/mol. The number of carbonyl (C=O) groups is 2. The number of hydrazone groups is 1.